The fraction of sp³-hybridized carbons (Fsp3) is 0.417. The summed E-state index contributed by atoms with van der Waals surface area (Å²) in [5.41, 5.74) is 5.05. The van der Waals surface area contributed by atoms with Crippen molar-refractivity contribution in [2.45, 2.75) is 18.6 Å². The van der Waals surface area contributed by atoms with Crippen LogP contribution in [0.4, 0.5) is 13.2 Å². The zero-order valence-corrected chi connectivity index (χ0v) is 9.87. The third-order valence-corrected chi connectivity index (χ3v) is 2.69. The largest absolute Gasteiger partial charge is 0.486 e. The van der Waals surface area contributed by atoms with Crippen LogP contribution < -0.4 is 15.2 Å². The summed E-state index contributed by atoms with van der Waals surface area (Å²) in [5, 5.41) is 0. The van der Waals surface area contributed by atoms with E-state index in [0.717, 1.165) is 0 Å². The first-order valence-corrected chi connectivity index (χ1v) is 5.63. The van der Waals surface area contributed by atoms with Crippen LogP contribution in [-0.4, -0.2) is 31.2 Å². The molecule has 1 aromatic carbocycles. The average molecular weight is 275 g/mol. The van der Waals surface area contributed by atoms with Gasteiger partial charge in [0.05, 0.1) is 0 Å². The smallest absolute Gasteiger partial charge is 0.404 e. The van der Waals surface area contributed by atoms with Gasteiger partial charge in [-0.3, -0.25) is 4.79 Å². The molecule has 7 heteroatoms. The molecule has 0 saturated carbocycles. The number of ether oxygens (including phenoxy) is 2. The predicted octanol–water partition coefficient (Wildman–Crippen LogP) is 1.92. The maximum Gasteiger partial charge on any atom is 0.404 e. The number of Topliss-reactive ketones (excluding diaryl/α,β-unsaturated/α-hetero) is 1. The van der Waals surface area contributed by atoms with Crippen LogP contribution in [0.25, 0.3) is 0 Å². The van der Waals surface area contributed by atoms with E-state index >= 15 is 0 Å². The lowest BCUT2D eigenvalue weighted by Crippen LogP contribution is -2.39. The molecule has 0 fully saturated rings. The van der Waals surface area contributed by atoms with Gasteiger partial charge in [-0.25, -0.2) is 0 Å². The van der Waals surface area contributed by atoms with E-state index in [4.69, 9.17) is 15.2 Å². The summed E-state index contributed by atoms with van der Waals surface area (Å²) in [4.78, 5) is 11.7. The number of rotatable bonds is 3. The quantitative estimate of drug-likeness (QED) is 0.856. The Bertz CT molecular complexity index is 488. The molecule has 1 heterocycles. The maximum absolute atomic E-state index is 12.3. The molecule has 0 aliphatic carbocycles. The van der Waals surface area contributed by atoms with E-state index in [1.165, 1.54) is 18.2 Å². The molecule has 1 atom stereocenters. The van der Waals surface area contributed by atoms with Crippen LogP contribution in [0.3, 0.4) is 0 Å². The minimum atomic E-state index is -4.58. The molecule has 2 N–H and O–H groups in total. The lowest BCUT2D eigenvalue weighted by Gasteiger charge is -2.19. The summed E-state index contributed by atoms with van der Waals surface area (Å²) in [5.74, 6) is 0.155. The molecule has 1 aliphatic heterocycles. The Balaban J connectivity index is 2.11. The van der Waals surface area contributed by atoms with Gasteiger partial charge in [0, 0.05) is 12.0 Å². The molecule has 0 amide bonds. The highest BCUT2D eigenvalue weighted by molar-refractivity contribution is 5.97. The van der Waals surface area contributed by atoms with Crippen LogP contribution >= 0.6 is 0 Å². The molecule has 0 aromatic heterocycles. The number of ketones is 1. The predicted molar refractivity (Wildman–Crippen MR) is 60.4 cm³/mol. The van der Waals surface area contributed by atoms with Crippen LogP contribution in [-0.2, 0) is 0 Å². The number of hydrogen-bond donors (Lipinski definition) is 1. The topological polar surface area (TPSA) is 61.6 Å². The lowest BCUT2D eigenvalue weighted by molar-refractivity contribution is -0.146. The second kappa shape index (κ2) is 5.08. The highest BCUT2D eigenvalue weighted by Gasteiger charge is 2.38. The van der Waals surface area contributed by atoms with Crippen molar-refractivity contribution in [2.75, 3.05) is 13.2 Å². The van der Waals surface area contributed by atoms with E-state index in [1.54, 1.807) is 0 Å². The molecular weight excluding hydrogens is 263 g/mol. The van der Waals surface area contributed by atoms with Gasteiger partial charge < -0.3 is 15.2 Å². The van der Waals surface area contributed by atoms with Crippen molar-refractivity contribution >= 4 is 5.78 Å². The van der Waals surface area contributed by atoms with Crippen molar-refractivity contribution in [2.24, 2.45) is 5.73 Å². The second-order valence-corrected chi connectivity index (χ2v) is 4.13. The molecule has 0 radical (unpaired) electrons. The van der Waals surface area contributed by atoms with Gasteiger partial charge in [0.1, 0.15) is 19.3 Å². The highest BCUT2D eigenvalue weighted by Crippen LogP contribution is 2.31. The molecule has 1 aromatic rings. The zero-order chi connectivity index (χ0) is 14.0. The number of alkyl halides is 3. The zero-order valence-electron chi connectivity index (χ0n) is 9.87. The van der Waals surface area contributed by atoms with E-state index in [1.807, 2.05) is 0 Å². The summed E-state index contributed by atoms with van der Waals surface area (Å²) >= 11 is 0. The Labute approximate surface area is 107 Å². The van der Waals surface area contributed by atoms with Crippen molar-refractivity contribution in [3.63, 3.8) is 0 Å². The van der Waals surface area contributed by atoms with E-state index < -0.39 is 24.4 Å². The standard InChI is InChI=1S/C12H12F3NO3/c13-12(14,15)11(16)6-8(17)7-1-2-9-10(5-7)19-4-3-18-9/h1-2,5,11H,3-4,6,16H2. The van der Waals surface area contributed by atoms with E-state index in [-0.39, 0.29) is 5.56 Å². The maximum atomic E-state index is 12.3. The molecule has 1 unspecified atom stereocenters. The number of carbonyl (C=O) groups excluding carboxylic acids is 1. The molecule has 0 spiro atoms. The normalized spacial score (nSPS) is 16.0. The number of fused-ring (bicyclic) bond motifs is 1. The first-order chi connectivity index (χ1) is 8.88. The first-order valence-electron chi connectivity index (χ1n) is 5.63. The van der Waals surface area contributed by atoms with Gasteiger partial charge in [0.15, 0.2) is 17.3 Å². The van der Waals surface area contributed by atoms with Gasteiger partial charge in [0.25, 0.3) is 0 Å². The summed E-state index contributed by atoms with van der Waals surface area (Å²) in [6, 6.07) is 2.12. The van der Waals surface area contributed by atoms with Gasteiger partial charge >= 0.3 is 6.18 Å². The Morgan fingerprint density at radius 3 is 2.53 bits per heavy atom. The fourth-order valence-electron chi connectivity index (χ4n) is 1.65. The highest BCUT2D eigenvalue weighted by atomic mass is 19.4. The Morgan fingerprint density at radius 2 is 1.89 bits per heavy atom. The van der Waals surface area contributed by atoms with Gasteiger partial charge in [-0.05, 0) is 18.2 Å². The van der Waals surface area contributed by atoms with Crippen LogP contribution in [0.1, 0.15) is 16.8 Å². The van der Waals surface area contributed by atoms with Gasteiger partial charge in [-0.2, -0.15) is 13.2 Å². The number of hydrogen-bond acceptors (Lipinski definition) is 4. The minimum absolute atomic E-state index is 0.129. The number of halogens is 3. The van der Waals surface area contributed by atoms with E-state index in [9.17, 15) is 18.0 Å². The molecular formula is C12H12F3NO3. The Morgan fingerprint density at radius 1 is 1.26 bits per heavy atom. The minimum Gasteiger partial charge on any atom is -0.486 e. The third kappa shape index (κ3) is 3.17. The average Bonchev–Trinajstić information content (AvgIpc) is 2.37. The van der Waals surface area contributed by atoms with Crippen molar-refractivity contribution in [1.82, 2.24) is 0 Å². The summed E-state index contributed by atoms with van der Waals surface area (Å²) < 4.78 is 47.3. The molecule has 0 saturated heterocycles. The summed E-state index contributed by atoms with van der Waals surface area (Å²) in [6.45, 7) is 0.742. The Kier molecular flexibility index (Phi) is 3.66. The summed E-state index contributed by atoms with van der Waals surface area (Å²) in [6.07, 6.45) is -5.37. The van der Waals surface area contributed by atoms with E-state index in [0.29, 0.717) is 24.7 Å². The first kappa shape index (κ1) is 13.7. The van der Waals surface area contributed by atoms with Crippen molar-refractivity contribution in [3.05, 3.63) is 23.8 Å². The SMILES string of the molecule is NC(CC(=O)c1ccc2c(c1)OCCO2)C(F)(F)F. The molecule has 104 valence electrons. The van der Waals surface area contributed by atoms with Gasteiger partial charge in [0.2, 0.25) is 0 Å². The van der Waals surface area contributed by atoms with Gasteiger partial charge in [-0.1, -0.05) is 0 Å². The van der Waals surface area contributed by atoms with Crippen molar-refractivity contribution < 1.29 is 27.4 Å². The lowest BCUT2D eigenvalue weighted by atomic mass is 10.0. The monoisotopic (exact) mass is 275 g/mol. The molecule has 1 aliphatic rings. The molecule has 19 heavy (non-hydrogen) atoms. The second-order valence-electron chi connectivity index (χ2n) is 4.13. The molecule has 2 rings (SSSR count). The van der Waals surface area contributed by atoms with Crippen LogP contribution in [0, 0.1) is 0 Å². The fourth-order valence-corrected chi connectivity index (χ4v) is 1.65. The third-order valence-electron chi connectivity index (χ3n) is 2.69. The van der Waals surface area contributed by atoms with Crippen LogP contribution in [0.2, 0.25) is 0 Å². The molecule has 0 bridgehead atoms. The molecule has 4 nitrogen and oxygen atoms in total. The van der Waals surface area contributed by atoms with E-state index in [2.05, 4.69) is 0 Å². The Hall–Kier alpha value is -1.76. The van der Waals surface area contributed by atoms with Crippen LogP contribution in [0.15, 0.2) is 18.2 Å². The summed E-state index contributed by atoms with van der Waals surface area (Å²) in [7, 11) is 0. The number of carbonyl (C=O) groups is 1. The van der Waals surface area contributed by atoms with Gasteiger partial charge in [-0.15, -0.1) is 0 Å². The number of nitrogens with two attached hydrogens (primary N) is 1. The van der Waals surface area contributed by atoms with Crippen molar-refractivity contribution in [3.8, 4) is 11.5 Å². The number of benzene rings is 1. The van der Waals surface area contributed by atoms with Crippen molar-refractivity contribution in [1.29, 1.82) is 0 Å². The van der Waals surface area contributed by atoms with Crippen LogP contribution in [0.5, 0.6) is 11.5 Å².